The Morgan fingerprint density at radius 2 is 2.00 bits per heavy atom. The molecule has 8 nitrogen and oxygen atoms in total. The Balaban J connectivity index is 2.03. The van der Waals surface area contributed by atoms with Gasteiger partial charge in [-0.1, -0.05) is 26.8 Å². The summed E-state index contributed by atoms with van der Waals surface area (Å²) in [6, 6.07) is 3.64. The SMILES string of the molecule is CC(C)C1(C)C=C(Oc2ccc([N+](=O)[O-])cc2S(=O)(=O)N2CCNCC2)C=CC1Cl. The van der Waals surface area contributed by atoms with Gasteiger partial charge in [0, 0.05) is 43.7 Å². The predicted octanol–water partition coefficient (Wildman–Crippen LogP) is 3.29. The van der Waals surface area contributed by atoms with E-state index in [0.29, 0.717) is 18.8 Å². The molecule has 10 heteroatoms. The number of rotatable bonds is 6. The van der Waals surface area contributed by atoms with Crippen molar-refractivity contribution >= 4 is 27.3 Å². The van der Waals surface area contributed by atoms with Gasteiger partial charge in [0.1, 0.15) is 16.4 Å². The lowest BCUT2D eigenvalue weighted by atomic mass is 9.73. The van der Waals surface area contributed by atoms with E-state index in [4.69, 9.17) is 16.3 Å². The number of piperazine rings is 1. The normalized spacial score (nSPS) is 25.2. The fraction of sp³-hybridized carbons (Fsp3) is 0.500. The van der Waals surface area contributed by atoms with Crippen LogP contribution >= 0.6 is 11.6 Å². The van der Waals surface area contributed by atoms with Crippen molar-refractivity contribution in [3.05, 3.63) is 52.3 Å². The highest BCUT2D eigenvalue weighted by Crippen LogP contribution is 2.41. The molecule has 0 saturated carbocycles. The number of hydrogen-bond donors (Lipinski definition) is 1. The first-order valence-electron chi connectivity index (χ1n) is 9.78. The van der Waals surface area contributed by atoms with Gasteiger partial charge < -0.3 is 10.1 Å². The van der Waals surface area contributed by atoms with Crippen LogP contribution in [0.2, 0.25) is 0 Å². The van der Waals surface area contributed by atoms with E-state index in [9.17, 15) is 18.5 Å². The van der Waals surface area contributed by atoms with Crippen LogP contribution in [0.25, 0.3) is 0 Å². The van der Waals surface area contributed by atoms with Gasteiger partial charge in [-0.05, 0) is 24.1 Å². The zero-order valence-electron chi connectivity index (χ0n) is 17.2. The number of halogens is 1. The lowest BCUT2D eigenvalue weighted by Gasteiger charge is -2.36. The van der Waals surface area contributed by atoms with Crippen LogP contribution in [0.1, 0.15) is 20.8 Å². The van der Waals surface area contributed by atoms with Crippen LogP contribution in [0.15, 0.2) is 47.1 Å². The third-order valence-electron chi connectivity index (χ3n) is 5.78. The maximum absolute atomic E-state index is 13.2. The van der Waals surface area contributed by atoms with Gasteiger partial charge in [0.25, 0.3) is 5.69 Å². The van der Waals surface area contributed by atoms with Crippen molar-refractivity contribution < 1.29 is 18.1 Å². The molecule has 0 amide bonds. The molecule has 2 aliphatic rings. The Kier molecular flexibility index (Phi) is 6.57. The summed E-state index contributed by atoms with van der Waals surface area (Å²) in [6.45, 7) is 7.71. The Hall–Kier alpha value is -1.94. The summed E-state index contributed by atoms with van der Waals surface area (Å²) in [5, 5.41) is 14.1. The molecular formula is C20H26ClN3O5S. The molecule has 1 heterocycles. The minimum absolute atomic E-state index is 0.0501. The summed E-state index contributed by atoms with van der Waals surface area (Å²) in [5.74, 6) is 0.715. The molecule has 1 aromatic rings. The number of sulfonamides is 1. The van der Waals surface area contributed by atoms with Gasteiger partial charge >= 0.3 is 0 Å². The van der Waals surface area contributed by atoms with Gasteiger partial charge in [-0.15, -0.1) is 11.6 Å². The maximum Gasteiger partial charge on any atom is 0.271 e. The molecule has 1 saturated heterocycles. The third-order valence-corrected chi connectivity index (χ3v) is 8.32. The van der Waals surface area contributed by atoms with E-state index in [0.717, 1.165) is 6.07 Å². The second kappa shape index (κ2) is 8.66. The molecule has 1 aliphatic heterocycles. The van der Waals surface area contributed by atoms with Gasteiger partial charge in [0.2, 0.25) is 10.0 Å². The number of nitro groups is 1. The highest BCUT2D eigenvalue weighted by Gasteiger charge is 2.36. The average molecular weight is 456 g/mol. The van der Waals surface area contributed by atoms with E-state index in [1.54, 1.807) is 6.08 Å². The van der Waals surface area contributed by atoms with Crippen LogP contribution in [0.3, 0.4) is 0 Å². The molecular weight excluding hydrogens is 430 g/mol. The summed E-state index contributed by atoms with van der Waals surface area (Å²) in [5.41, 5.74) is -0.693. The summed E-state index contributed by atoms with van der Waals surface area (Å²) in [6.07, 6.45) is 5.40. The van der Waals surface area contributed by atoms with Crippen molar-refractivity contribution in [2.24, 2.45) is 11.3 Å². The third kappa shape index (κ3) is 4.39. The minimum atomic E-state index is -3.97. The second-order valence-corrected chi connectivity index (χ2v) is 10.3. The summed E-state index contributed by atoms with van der Waals surface area (Å²) in [4.78, 5) is 10.4. The van der Waals surface area contributed by atoms with Crippen LogP contribution in [-0.4, -0.2) is 49.2 Å². The number of ether oxygens (including phenoxy) is 1. The second-order valence-electron chi connectivity index (χ2n) is 7.97. The fourth-order valence-electron chi connectivity index (χ4n) is 3.42. The monoisotopic (exact) mass is 455 g/mol. The van der Waals surface area contributed by atoms with E-state index in [1.807, 2.05) is 19.1 Å². The zero-order chi connectivity index (χ0) is 22.1. The molecule has 1 N–H and O–H groups in total. The van der Waals surface area contributed by atoms with Crippen molar-refractivity contribution in [3.63, 3.8) is 0 Å². The topological polar surface area (TPSA) is 102 Å². The van der Waals surface area contributed by atoms with Crippen molar-refractivity contribution in [2.45, 2.75) is 31.0 Å². The van der Waals surface area contributed by atoms with Crippen molar-refractivity contribution in [1.29, 1.82) is 0 Å². The van der Waals surface area contributed by atoms with Crippen molar-refractivity contribution in [2.75, 3.05) is 26.2 Å². The smallest absolute Gasteiger partial charge is 0.271 e. The van der Waals surface area contributed by atoms with E-state index in [-0.39, 0.29) is 46.1 Å². The average Bonchev–Trinajstić information content (AvgIpc) is 2.71. The van der Waals surface area contributed by atoms with Gasteiger partial charge in [-0.25, -0.2) is 8.42 Å². The Labute approximate surface area is 181 Å². The highest BCUT2D eigenvalue weighted by atomic mass is 35.5. The molecule has 1 aliphatic carbocycles. The van der Waals surface area contributed by atoms with Crippen LogP contribution in [0.4, 0.5) is 5.69 Å². The number of benzene rings is 1. The molecule has 2 atom stereocenters. The van der Waals surface area contributed by atoms with E-state index < -0.39 is 14.9 Å². The molecule has 1 aromatic carbocycles. The summed E-state index contributed by atoms with van der Waals surface area (Å²) in [7, 11) is -3.97. The number of nitro benzene ring substituents is 1. The molecule has 164 valence electrons. The number of alkyl halides is 1. The van der Waals surface area contributed by atoms with Crippen LogP contribution in [0, 0.1) is 21.4 Å². The van der Waals surface area contributed by atoms with Crippen LogP contribution in [-0.2, 0) is 10.0 Å². The Morgan fingerprint density at radius 3 is 2.60 bits per heavy atom. The predicted molar refractivity (Wildman–Crippen MR) is 115 cm³/mol. The van der Waals surface area contributed by atoms with Crippen molar-refractivity contribution in [1.82, 2.24) is 9.62 Å². The Bertz CT molecular complexity index is 986. The maximum atomic E-state index is 13.2. The molecule has 1 fully saturated rings. The quantitative estimate of drug-likeness (QED) is 0.401. The number of hydrogen-bond acceptors (Lipinski definition) is 6. The van der Waals surface area contributed by atoms with E-state index >= 15 is 0 Å². The van der Waals surface area contributed by atoms with E-state index in [2.05, 4.69) is 19.2 Å². The largest absolute Gasteiger partial charge is 0.456 e. The Morgan fingerprint density at radius 1 is 1.33 bits per heavy atom. The zero-order valence-corrected chi connectivity index (χ0v) is 18.7. The minimum Gasteiger partial charge on any atom is -0.456 e. The fourth-order valence-corrected chi connectivity index (χ4v) is 5.38. The molecule has 0 bridgehead atoms. The number of allylic oxidation sites excluding steroid dienone is 3. The van der Waals surface area contributed by atoms with Gasteiger partial charge in [0.15, 0.2) is 0 Å². The molecule has 3 rings (SSSR count). The molecule has 30 heavy (non-hydrogen) atoms. The number of nitrogens with one attached hydrogen (secondary N) is 1. The first-order chi connectivity index (χ1) is 14.1. The van der Waals surface area contributed by atoms with E-state index in [1.165, 1.54) is 16.4 Å². The van der Waals surface area contributed by atoms with Crippen LogP contribution < -0.4 is 10.1 Å². The lowest BCUT2D eigenvalue weighted by Crippen LogP contribution is -2.46. The molecule has 0 aromatic heterocycles. The molecule has 0 spiro atoms. The lowest BCUT2D eigenvalue weighted by molar-refractivity contribution is -0.385. The first kappa shape index (κ1) is 22.7. The van der Waals surface area contributed by atoms with Gasteiger partial charge in [0.05, 0.1) is 10.3 Å². The number of nitrogens with zero attached hydrogens (tertiary/aromatic N) is 2. The van der Waals surface area contributed by atoms with Gasteiger partial charge in [-0.2, -0.15) is 4.31 Å². The number of non-ortho nitro benzene ring substituents is 1. The van der Waals surface area contributed by atoms with Crippen molar-refractivity contribution in [3.8, 4) is 5.75 Å². The molecule has 2 unspecified atom stereocenters. The molecule has 0 radical (unpaired) electrons. The van der Waals surface area contributed by atoms with Crippen LogP contribution in [0.5, 0.6) is 5.75 Å². The standard InChI is InChI=1S/C20H26ClN3O5S/c1-14(2)20(3)13-16(5-7-19(20)21)29-17-6-4-15(24(25)26)12-18(17)30(27,28)23-10-8-22-9-11-23/h4-7,12-14,19,22H,8-11H2,1-3H3. The van der Waals surface area contributed by atoms with Gasteiger partial charge in [-0.3, -0.25) is 10.1 Å². The first-order valence-corrected chi connectivity index (χ1v) is 11.7. The summed E-state index contributed by atoms with van der Waals surface area (Å²) < 4.78 is 33.8. The highest BCUT2D eigenvalue weighted by molar-refractivity contribution is 7.89. The summed E-state index contributed by atoms with van der Waals surface area (Å²) >= 11 is 6.48.